The minimum atomic E-state index is -3.27. The van der Waals surface area contributed by atoms with Gasteiger partial charge in [-0.3, -0.25) is 4.31 Å². The monoisotopic (exact) mass is 312 g/mol. The molecule has 1 fully saturated rings. The fourth-order valence-electron chi connectivity index (χ4n) is 2.49. The van der Waals surface area contributed by atoms with Gasteiger partial charge in [-0.05, 0) is 23.6 Å². The molecule has 2 rings (SSSR count). The maximum Gasteiger partial charge on any atom is 0.232 e. The van der Waals surface area contributed by atoms with Gasteiger partial charge in [0, 0.05) is 25.8 Å². The van der Waals surface area contributed by atoms with Crippen molar-refractivity contribution in [2.75, 3.05) is 48.8 Å². The molecule has 5 nitrogen and oxygen atoms in total. The van der Waals surface area contributed by atoms with E-state index in [2.05, 4.69) is 24.8 Å². The maximum absolute atomic E-state index is 11.9. The van der Waals surface area contributed by atoms with Crippen molar-refractivity contribution in [2.45, 2.75) is 19.8 Å². The molecule has 0 spiro atoms. The van der Waals surface area contributed by atoms with E-state index in [0.29, 0.717) is 13.2 Å². The van der Waals surface area contributed by atoms with E-state index < -0.39 is 10.0 Å². The van der Waals surface area contributed by atoms with Crippen molar-refractivity contribution in [1.82, 2.24) is 0 Å². The zero-order valence-corrected chi connectivity index (χ0v) is 14.0. The average molecular weight is 312 g/mol. The van der Waals surface area contributed by atoms with Crippen LogP contribution in [0.2, 0.25) is 0 Å². The number of ether oxygens (including phenoxy) is 1. The summed E-state index contributed by atoms with van der Waals surface area (Å²) in [5, 5.41) is 0. The summed E-state index contributed by atoms with van der Waals surface area (Å²) in [7, 11) is -1.66. The van der Waals surface area contributed by atoms with E-state index in [1.54, 1.807) is 7.05 Å². The lowest BCUT2D eigenvalue weighted by Crippen LogP contribution is -2.36. The molecular weight excluding hydrogens is 288 g/mol. The van der Waals surface area contributed by atoms with E-state index in [4.69, 9.17) is 4.74 Å². The van der Waals surface area contributed by atoms with Crippen LogP contribution in [0.5, 0.6) is 0 Å². The highest BCUT2D eigenvalue weighted by atomic mass is 32.2. The molecule has 1 saturated heterocycles. The summed E-state index contributed by atoms with van der Waals surface area (Å²) < 4.78 is 30.5. The van der Waals surface area contributed by atoms with Gasteiger partial charge in [0.1, 0.15) is 0 Å². The molecule has 1 heterocycles. The molecule has 6 heteroatoms. The summed E-state index contributed by atoms with van der Waals surface area (Å²) in [5.41, 5.74) is 2.85. The lowest BCUT2D eigenvalue weighted by Gasteiger charge is -2.31. The van der Waals surface area contributed by atoms with Crippen LogP contribution in [0.1, 0.15) is 25.3 Å². The van der Waals surface area contributed by atoms with Crippen molar-refractivity contribution in [3.8, 4) is 0 Å². The van der Waals surface area contributed by atoms with Crippen molar-refractivity contribution < 1.29 is 13.2 Å². The van der Waals surface area contributed by atoms with E-state index in [0.717, 1.165) is 30.0 Å². The first-order valence-electron chi connectivity index (χ1n) is 7.21. The van der Waals surface area contributed by atoms with Crippen LogP contribution in [0.3, 0.4) is 0 Å². The second-order valence-electron chi connectivity index (χ2n) is 5.73. The highest BCUT2D eigenvalue weighted by Gasteiger charge is 2.20. The number of benzene rings is 1. The van der Waals surface area contributed by atoms with Crippen LogP contribution in [0.15, 0.2) is 18.2 Å². The molecule has 118 valence electrons. The predicted octanol–water partition coefficient (Wildman–Crippen LogP) is 2.04. The molecule has 0 N–H and O–H groups in total. The van der Waals surface area contributed by atoms with Crippen LogP contribution in [0.4, 0.5) is 11.4 Å². The first kappa shape index (κ1) is 16.1. The summed E-state index contributed by atoms with van der Waals surface area (Å²) in [6.07, 6.45) is 1.23. The number of hydrogen-bond donors (Lipinski definition) is 0. The van der Waals surface area contributed by atoms with Crippen LogP contribution in [0, 0.1) is 0 Å². The minimum absolute atomic E-state index is 0.267. The topological polar surface area (TPSA) is 49.9 Å². The summed E-state index contributed by atoms with van der Waals surface area (Å²) in [5.74, 6) is 0.267. The number of nitrogens with zero attached hydrogens (tertiary/aromatic N) is 2. The van der Waals surface area contributed by atoms with Crippen molar-refractivity contribution in [1.29, 1.82) is 0 Å². The molecule has 0 saturated carbocycles. The smallest absolute Gasteiger partial charge is 0.232 e. The Balaban J connectivity index is 2.43. The molecule has 0 amide bonds. The number of hydrogen-bond acceptors (Lipinski definition) is 4. The number of sulfonamides is 1. The van der Waals surface area contributed by atoms with Gasteiger partial charge in [0.05, 0.1) is 25.2 Å². The molecule has 1 aromatic rings. The third kappa shape index (κ3) is 3.68. The Hall–Kier alpha value is -1.27. The van der Waals surface area contributed by atoms with E-state index in [9.17, 15) is 8.42 Å². The highest BCUT2D eigenvalue weighted by molar-refractivity contribution is 7.92. The minimum Gasteiger partial charge on any atom is -0.378 e. The zero-order chi connectivity index (χ0) is 15.6. The van der Waals surface area contributed by atoms with Crippen molar-refractivity contribution in [3.05, 3.63) is 23.8 Å². The molecular formula is C15H24N2O3S. The van der Waals surface area contributed by atoms with Gasteiger partial charge >= 0.3 is 0 Å². The average Bonchev–Trinajstić information content (AvgIpc) is 2.45. The van der Waals surface area contributed by atoms with Gasteiger partial charge in [-0.2, -0.15) is 0 Å². The SMILES string of the molecule is CC(C)c1ccc(N2CCOCC2)cc1N(C)S(C)(=O)=O. The molecule has 0 unspecified atom stereocenters. The predicted molar refractivity (Wildman–Crippen MR) is 86.8 cm³/mol. The molecule has 1 aliphatic rings. The Morgan fingerprint density at radius 1 is 1.24 bits per heavy atom. The Morgan fingerprint density at radius 3 is 2.38 bits per heavy atom. The molecule has 0 bridgehead atoms. The molecule has 1 aromatic carbocycles. The fraction of sp³-hybridized carbons (Fsp3) is 0.600. The Bertz CT molecular complexity index is 593. The van der Waals surface area contributed by atoms with Gasteiger partial charge in [-0.25, -0.2) is 8.42 Å². The summed E-state index contributed by atoms with van der Waals surface area (Å²) in [6.45, 7) is 7.24. The Labute approximate surface area is 127 Å². The number of morpholine rings is 1. The Morgan fingerprint density at radius 2 is 1.86 bits per heavy atom. The van der Waals surface area contributed by atoms with Crippen LogP contribution >= 0.6 is 0 Å². The lowest BCUT2D eigenvalue weighted by atomic mass is 10.0. The van der Waals surface area contributed by atoms with Gasteiger partial charge < -0.3 is 9.64 Å². The highest BCUT2D eigenvalue weighted by Crippen LogP contribution is 2.32. The largest absolute Gasteiger partial charge is 0.378 e. The van der Waals surface area contributed by atoms with Gasteiger partial charge in [0.2, 0.25) is 10.0 Å². The van der Waals surface area contributed by atoms with Crippen LogP contribution in [0.25, 0.3) is 0 Å². The van der Waals surface area contributed by atoms with Gasteiger partial charge in [-0.15, -0.1) is 0 Å². The van der Waals surface area contributed by atoms with Gasteiger partial charge in [0.25, 0.3) is 0 Å². The maximum atomic E-state index is 11.9. The molecule has 0 atom stereocenters. The first-order chi connectivity index (χ1) is 9.80. The zero-order valence-electron chi connectivity index (χ0n) is 13.2. The number of anilines is 2. The fourth-order valence-corrected chi connectivity index (χ4v) is 3.01. The van der Waals surface area contributed by atoms with E-state index in [-0.39, 0.29) is 5.92 Å². The lowest BCUT2D eigenvalue weighted by molar-refractivity contribution is 0.122. The van der Waals surface area contributed by atoms with Crippen LogP contribution in [-0.4, -0.2) is 48.0 Å². The second-order valence-corrected chi connectivity index (χ2v) is 7.74. The normalized spacial score (nSPS) is 16.3. The molecule has 21 heavy (non-hydrogen) atoms. The van der Waals surface area contributed by atoms with Crippen molar-refractivity contribution in [3.63, 3.8) is 0 Å². The van der Waals surface area contributed by atoms with E-state index in [1.165, 1.54) is 10.6 Å². The number of rotatable bonds is 4. The molecule has 1 aliphatic heterocycles. The van der Waals surface area contributed by atoms with E-state index in [1.807, 2.05) is 12.1 Å². The molecule has 0 radical (unpaired) electrons. The Kier molecular flexibility index (Phi) is 4.78. The van der Waals surface area contributed by atoms with Crippen LogP contribution < -0.4 is 9.21 Å². The van der Waals surface area contributed by atoms with E-state index >= 15 is 0 Å². The summed E-state index contributed by atoms with van der Waals surface area (Å²) in [6, 6.07) is 6.08. The van der Waals surface area contributed by atoms with Gasteiger partial charge in [-0.1, -0.05) is 19.9 Å². The van der Waals surface area contributed by atoms with Gasteiger partial charge in [0.15, 0.2) is 0 Å². The molecule has 0 aliphatic carbocycles. The summed E-state index contributed by atoms with van der Waals surface area (Å²) in [4.78, 5) is 2.23. The third-order valence-corrected chi connectivity index (χ3v) is 5.04. The first-order valence-corrected chi connectivity index (χ1v) is 9.06. The quantitative estimate of drug-likeness (QED) is 0.854. The van der Waals surface area contributed by atoms with Crippen molar-refractivity contribution >= 4 is 21.4 Å². The standard InChI is InChI=1S/C15H24N2O3S/c1-12(2)14-6-5-13(17-7-9-20-10-8-17)11-15(14)16(3)21(4,18)19/h5-6,11-12H,7-10H2,1-4H3. The second kappa shape index (κ2) is 6.23. The molecule has 0 aromatic heterocycles. The van der Waals surface area contributed by atoms with Crippen molar-refractivity contribution in [2.24, 2.45) is 0 Å². The third-order valence-electron chi connectivity index (χ3n) is 3.85. The summed E-state index contributed by atoms with van der Waals surface area (Å²) >= 11 is 0. The van der Waals surface area contributed by atoms with Crippen LogP contribution in [-0.2, 0) is 14.8 Å².